The number of piperidine rings is 1. The second-order valence-corrected chi connectivity index (χ2v) is 6.69. The Morgan fingerprint density at radius 3 is 2.86 bits per heavy atom. The van der Waals surface area contributed by atoms with Gasteiger partial charge < -0.3 is 26.0 Å². The van der Waals surface area contributed by atoms with Crippen molar-refractivity contribution in [3.8, 4) is 0 Å². The zero-order valence-electron chi connectivity index (χ0n) is 16.2. The number of para-hydroxylation sites is 1. The molecule has 28 heavy (non-hydrogen) atoms. The maximum Gasteiger partial charge on any atom is 0.409 e. The third-order valence-electron chi connectivity index (χ3n) is 4.67. The van der Waals surface area contributed by atoms with Gasteiger partial charge in [0.2, 0.25) is 0 Å². The summed E-state index contributed by atoms with van der Waals surface area (Å²) < 4.78 is 5.03. The lowest BCUT2D eigenvalue weighted by molar-refractivity contribution is 0.0963. The SMILES string of the molecule is CCOC(=O)N1CCC(NC(N)=NCCNc2ccc3ccccc3n2)CC1. The highest BCUT2D eigenvalue weighted by molar-refractivity contribution is 5.80. The van der Waals surface area contributed by atoms with E-state index in [1.165, 1.54) is 0 Å². The van der Waals surface area contributed by atoms with Gasteiger partial charge >= 0.3 is 6.09 Å². The summed E-state index contributed by atoms with van der Waals surface area (Å²) in [5.74, 6) is 1.26. The van der Waals surface area contributed by atoms with Gasteiger partial charge in [0.15, 0.2) is 5.96 Å². The van der Waals surface area contributed by atoms with Gasteiger partial charge in [-0.1, -0.05) is 18.2 Å². The third kappa shape index (κ3) is 5.48. The molecule has 2 aromatic rings. The number of aromatic nitrogens is 1. The Morgan fingerprint density at radius 1 is 1.29 bits per heavy atom. The fraction of sp³-hybridized carbons (Fsp3) is 0.450. The molecule has 0 spiro atoms. The minimum atomic E-state index is -0.240. The van der Waals surface area contributed by atoms with E-state index in [1.807, 2.05) is 43.3 Å². The zero-order valence-corrected chi connectivity index (χ0v) is 16.2. The van der Waals surface area contributed by atoms with Crippen molar-refractivity contribution in [2.24, 2.45) is 10.7 Å². The molecule has 2 heterocycles. The number of ether oxygens (including phenoxy) is 1. The van der Waals surface area contributed by atoms with Crippen molar-refractivity contribution >= 4 is 28.8 Å². The van der Waals surface area contributed by atoms with E-state index < -0.39 is 0 Å². The lowest BCUT2D eigenvalue weighted by Gasteiger charge is -2.31. The van der Waals surface area contributed by atoms with Crippen LogP contribution in [0.2, 0.25) is 0 Å². The number of carbonyl (C=O) groups excluding carboxylic acids is 1. The van der Waals surface area contributed by atoms with Crippen molar-refractivity contribution in [3.05, 3.63) is 36.4 Å². The number of amides is 1. The number of rotatable bonds is 6. The van der Waals surface area contributed by atoms with Gasteiger partial charge in [0.1, 0.15) is 5.82 Å². The van der Waals surface area contributed by atoms with Gasteiger partial charge in [-0.05, 0) is 38.0 Å². The number of likely N-dealkylation sites (tertiary alicyclic amines) is 1. The van der Waals surface area contributed by atoms with Crippen molar-refractivity contribution in [1.82, 2.24) is 15.2 Å². The average Bonchev–Trinajstić information content (AvgIpc) is 2.72. The molecular weight excluding hydrogens is 356 g/mol. The highest BCUT2D eigenvalue weighted by atomic mass is 16.6. The van der Waals surface area contributed by atoms with Crippen LogP contribution in [0, 0.1) is 0 Å². The molecule has 1 aliphatic heterocycles. The van der Waals surface area contributed by atoms with Crippen molar-refractivity contribution in [2.45, 2.75) is 25.8 Å². The molecule has 0 unspecified atom stereocenters. The van der Waals surface area contributed by atoms with Crippen LogP contribution in [-0.4, -0.2) is 60.8 Å². The summed E-state index contributed by atoms with van der Waals surface area (Å²) in [5, 5.41) is 7.62. The van der Waals surface area contributed by atoms with Crippen LogP contribution < -0.4 is 16.4 Å². The Balaban J connectivity index is 1.38. The van der Waals surface area contributed by atoms with Gasteiger partial charge in [-0.25, -0.2) is 9.78 Å². The Kier molecular flexibility index (Phi) is 6.89. The van der Waals surface area contributed by atoms with Gasteiger partial charge in [-0.3, -0.25) is 4.99 Å². The lowest BCUT2D eigenvalue weighted by Crippen LogP contribution is -2.48. The second kappa shape index (κ2) is 9.77. The van der Waals surface area contributed by atoms with Crippen LogP contribution in [-0.2, 0) is 4.74 Å². The molecule has 1 fully saturated rings. The highest BCUT2D eigenvalue weighted by Gasteiger charge is 2.23. The van der Waals surface area contributed by atoms with Gasteiger partial charge in [0.05, 0.1) is 18.7 Å². The number of nitrogens with zero attached hydrogens (tertiary/aromatic N) is 3. The monoisotopic (exact) mass is 384 g/mol. The molecular formula is C20H28N6O2. The van der Waals surface area contributed by atoms with Crippen molar-refractivity contribution in [1.29, 1.82) is 0 Å². The van der Waals surface area contributed by atoms with Crippen molar-refractivity contribution < 1.29 is 9.53 Å². The Morgan fingerprint density at radius 2 is 2.07 bits per heavy atom. The largest absolute Gasteiger partial charge is 0.450 e. The molecule has 8 nitrogen and oxygen atoms in total. The molecule has 0 saturated carbocycles. The first-order chi connectivity index (χ1) is 13.7. The molecule has 0 atom stereocenters. The van der Waals surface area contributed by atoms with E-state index in [4.69, 9.17) is 10.5 Å². The molecule has 4 N–H and O–H groups in total. The Labute approximate surface area is 165 Å². The molecule has 8 heteroatoms. The van der Waals surface area contributed by atoms with Crippen LogP contribution in [0.3, 0.4) is 0 Å². The first-order valence-electron chi connectivity index (χ1n) is 9.73. The summed E-state index contributed by atoms with van der Waals surface area (Å²) in [5.41, 5.74) is 6.96. The molecule has 1 saturated heterocycles. The van der Waals surface area contributed by atoms with E-state index in [0.717, 1.165) is 29.6 Å². The second-order valence-electron chi connectivity index (χ2n) is 6.69. The standard InChI is InChI=1S/C20H28N6O2/c1-2-28-20(27)26-13-9-16(10-14-26)24-19(21)23-12-11-22-18-8-7-15-5-3-4-6-17(15)25-18/h3-8,16H,2,9-14H2,1H3,(H,22,25)(H3,21,23,24). The summed E-state index contributed by atoms with van der Waals surface area (Å²) in [4.78, 5) is 22.4. The Hall–Kier alpha value is -3.03. The molecule has 0 aliphatic carbocycles. The number of hydrogen-bond acceptors (Lipinski definition) is 5. The van der Waals surface area contributed by atoms with Crippen molar-refractivity contribution in [3.63, 3.8) is 0 Å². The van der Waals surface area contributed by atoms with Crippen LogP contribution in [0.25, 0.3) is 10.9 Å². The molecule has 1 amide bonds. The van der Waals surface area contributed by atoms with Crippen LogP contribution in [0.4, 0.5) is 10.6 Å². The van der Waals surface area contributed by atoms with Gasteiger partial charge in [-0.2, -0.15) is 0 Å². The Bertz CT molecular complexity index is 817. The van der Waals surface area contributed by atoms with Gasteiger partial charge in [0.25, 0.3) is 0 Å². The highest BCUT2D eigenvalue weighted by Crippen LogP contribution is 2.14. The minimum absolute atomic E-state index is 0.226. The van der Waals surface area contributed by atoms with Crippen LogP contribution >= 0.6 is 0 Å². The number of benzene rings is 1. The van der Waals surface area contributed by atoms with Crippen molar-refractivity contribution in [2.75, 3.05) is 38.1 Å². The number of anilines is 1. The molecule has 1 aliphatic rings. The maximum absolute atomic E-state index is 11.7. The summed E-state index contributed by atoms with van der Waals surface area (Å²) in [7, 11) is 0. The zero-order chi connectivity index (χ0) is 19.8. The van der Waals surface area contributed by atoms with E-state index in [-0.39, 0.29) is 12.1 Å². The first-order valence-corrected chi connectivity index (χ1v) is 9.73. The molecule has 0 radical (unpaired) electrons. The topological polar surface area (TPSA) is 105 Å². The van der Waals surface area contributed by atoms with E-state index in [2.05, 4.69) is 20.6 Å². The summed E-state index contributed by atoms with van der Waals surface area (Å²) in [6.07, 6.45) is 1.42. The quantitative estimate of drug-likeness (QED) is 0.400. The summed E-state index contributed by atoms with van der Waals surface area (Å²) in [6.45, 7) is 4.75. The smallest absolute Gasteiger partial charge is 0.409 e. The third-order valence-corrected chi connectivity index (χ3v) is 4.67. The van der Waals surface area contributed by atoms with Crippen LogP contribution in [0.15, 0.2) is 41.4 Å². The predicted molar refractivity (Wildman–Crippen MR) is 111 cm³/mol. The average molecular weight is 384 g/mol. The number of nitrogens with two attached hydrogens (primary N) is 1. The number of nitrogens with one attached hydrogen (secondary N) is 2. The summed E-state index contributed by atoms with van der Waals surface area (Å²) >= 11 is 0. The molecule has 150 valence electrons. The number of pyridine rings is 1. The molecule has 3 rings (SSSR count). The van der Waals surface area contributed by atoms with Crippen LogP contribution in [0.1, 0.15) is 19.8 Å². The maximum atomic E-state index is 11.7. The fourth-order valence-electron chi connectivity index (χ4n) is 3.20. The lowest BCUT2D eigenvalue weighted by atomic mass is 10.1. The van der Waals surface area contributed by atoms with E-state index in [1.54, 1.807) is 4.90 Å². The van der Waals surface area contributed by atoms with E-state index in [9.17, 15) is 4.79 Å². The normalized spacial score (nSPS) is 15.5. The minimum Gasteiger partial charge on any atom is -0.450 e. The molecule has 1 aromatic carbocycles. The fourth-order valence-corrected chi connectivity index (χ4v) is 3.20. The molecule has 1 aromatic heterocycles. The van der Waals surface area contributed by atoms with Gasteiger partial charge in [0, 0.05) is 31.1 Å². The van der Waals surface area contributed by atoms with Crippen LogP contribution in [0.5, 0.6) is 0 Å². The first kappa shape index (κ1) is 19.7. The predicted octanol–water partition coefficient (Wildman–Crippen LogP) is 2.17. The van der Waals surface area contributed by atoms with E-state index >= 15 is 0 Å². The number of carbonyl (C=O) groups is 1. The van der Waals surface area contributed by atoms with E-state index in [0.29, 0.717) is 38.7 Å². The number of fused-ring (bicyclic) bond motifs is 1. The number of guanidine groups is 1. The number of hydrogen-bond donors (Lipinski definition) is 3. The van der Waals surface area contributed by atoms with Gasteiger partial charge in [-0.15, -0.1) is 0 Å². The number of aliphatic imine (C=N–C) groups is 1. The molecule has 0 bridgehead atoms. The summed E-state index contributed by atoms with van der Waals surface area (Å²) in [6, 6.07) is 12.3.